The maximum Gasteiger partial charge on any atom is 0.256 e. The van der Waals surface area contributed by atoms with Gasteiger partial charge >= 0.3 is 0 Å². The molecule has 0 spiro atoms. The van der Waals surface area contributed by atoms with Crippen LogP contribution in [0.2, 0.25) is 10.0 Å². The lowest BCUT2D eigenvalue weighted by Gasteiger charge is -2.14. The van der Waals surface area contributed by atoms with Gasteiger partial charge < -0.3 is 15.3 Å². The molecule has 4 aromatic rings. The number of fused-ring (bicyclic) bond motifs is 1. The molecule has 0 saturated heterocycles. The first kappa shape index (κ1) is 18.9. The highest BCUT2D eigenvalue weighted by Gasteiger charge is 2.16. The van der Waals surface area contributed by atoms with Crippen molar-refractivity contribution in [3.63, 3.8) is 0 Å². The Hall–Kier alpha value is -2.48. The molecule has 0 atom stereocenters. The lowest BCUT2D eigenvalue weighted by Crippen LogP contribution is -2.12. The molecule has 142 valence electrons. The number of aromatic amines is 2. The predicted molar refractivity (Wildman–Crippen MR) is 114 cm³/mol. The molecule has 3 heterocycles. The minimum atomic E-state index is -0.530. The highest BCUT2D eigenvalue weighted by atomic mass is 35.5. The molecule has 0 aliphatic rings. The first-order chi connectivity index (χ1) is 13.5. The Balaban J connectivity index is 1.88. The maximum atomic E-state index is 14.3. The molecule has 1 aromatic carbocycles. The second-order valence-corrected chi connectivity index (χ2v) is 7.59. The standard InChI is InChI=1S/C19H13Cl2FN4OS/c1-28-19-15(25-14-4-5-23-17-16(14)12(21)8-24-17)7-11(18(27)26-19)10-6-9(20)2-3-13(10)22/h2-8H,1H3,(H,26,27)(H2,23,24,25). The number of hydrogen-bond donors (Lipinski definition) is 3. The second kappa shape index (κ2) is 7.50. The fourth-order valence-corrected chi connectivity index (χ4v) is 3.88. The summed E-state index contributed by atoms with van der Waals surface area (Å²) in [4.78, 5) is 22.6. The Labute approximate surface area is 173 Å². The van der Waals surface area contributed by atoms with E-state index in [2.05, 4.69) is 20.3 Å². The number of thioether (sulfide) groups is 1. The van der Waals surface area contributed by atoms with E-state index in [1.807, 2.05) is 6.26 Å². The molecule has 0 aliphatic carbocycles. The lowest BCUT2D eigenvalue weighted by molar-refractivity contribution is 0.631. The summed E-state index contributed by atoms with van der Waals surface area (Å²) in [6.07, 6.45) is 5.13. The summed E-state index contributed by atoms with van der Waals surface area (Å²) in [5.41, 5.74) is 1.83. The van der Waals surface area contributed by atoms with Gasteiger partial charge in [-0.15, -0.1) is 11.8 Å². The van der Waals surface area contributed by atoms with E-state index in [4.69, 9.17) is 23.2 Å². The van der Waals surface area contributed by atoms with E-state index in [1.165, 1.54) is 30.0 Å². The zero-order valence-electron chi connectivity index (χ0n) is 14.4. The van der Waals surface area contributed by atoms with Crippen molar-refractivity contribution in [3.05, 3.63) is 68.9 Å². The molecule has 3 aromatic heterocycles. The van der Waals surface area contributed by atoms with Crippen molar-refractivity contribution in [3.8, 4) is 11.1 Å². The molecule has 28 heavy (non-hydrogen) atoms. The van der Waals surface area contributed by atoms with Crippen LogP contribution in [0.3, 0.4) is 0 Å². The number of pyridine rings is 2. The minimum absolute atomic E-state index is 0.129. The SMILES string of the molecule is CSc1[nH]c(=O)c(-c2cc(Cl)ccc2F)cc1Nc1ccnc2[nH]cc(Cl)c12. The fraction of sp³-hybridized carbons (Fsp3) is 0.0526. The van der Waals surface area contributed by atoms with Crippen molar-refractivity contribution in [2.24, 2.45) is 0 Å². The normalized spacial score (nSPS) is 11.1. The summed E-state index contributed by atoms with van der Waals surface area (Å²) in [6.45, 7) is 0. The van der Waals surface area contributed by atoms with Crippen LogP contribution in [0.1, 0.15) is 0 Å². The van der Waals surface area contributed by atoms with Crippen molar-refractivity contribution < 1.29 is 4.39 Å². The van der Waals surface area contributed by atoms with Gasteiger partial charge in [0.1, 0.15) is 11.5 Å². The lowest BCUT2D eigenvalue weighted by atomic mass is 10.1. The number of nitrogens with one attached hydrogen (secondary N) is 3. The Kier molecular flexibility index (Phi) is 5.05. The summed E-state index contributed by atoms with van der Waals surface area (Å²) in [6, 6.07) is 7.48. The minimum Gasteiger partial charge on any atom is -0.353 e. The van der Waals surface area contributed by atoms with Crippen molar-refractivity contribution >= 4 is 57.4 Å². The summed E-state index contributed by atoms with van der Waals surface area (Å²) < 4.78 is 14.3. The third kappa shape index (κ3) is 3.37. The molecular weight excluding hydrogens is 422 g/mol. The van der Waals surface area contributed by atoms with Crippen LogP contribution in [0.4, 0.5) is 15.8 Å². The van der Waals surface area contributed by atoms with Gasteiger partial charge in [0.2, 0.25) is 0 Å². The number of nitrogens with zero attached hydrogens (tertiary/aromatic N) is 1. The third-order valence-corrected chi connectivity index (χ3v) is 5.49. The van der Waals surface area contributed by atoms with Gasteiger partial charge in [0.15, 0.2) is 0 Å². The number of H-pyrrole nitrogens is 2. The zero-order chi connectivity index (χ0) is 19.8. The van der Waals surface area contributed by atoms with Crippen LogP contribution in [-0.4, -0.2) is 21.2 Å². The van der Waals surface area contributed by atoms with Gasteiger partial charge in [-0.2, -0.15) is 0 Å². The van der Waals surface area contributed by atoms with E-state index in [9.17, 15) is 9.18 Å². The molecule has 0 saturated carbocycles. The average molecular weight is 435 g/mol. The second-order valence-electron chi connectivity index (χ2n) is 5.93. The Morgan fingerprint density at radius 3 is 2.75 bits per heavy atom. The smallest absolute Gasteiger partial charge is 0.256 e. The van der Waals surface area contributed by atoms with Crippen molar-refractivity contribution in [1.29, 1.82) is 0 Å². The molecule has 0 amide bonds. The fourth-order valence-electron chi connectivity index (χ4n) is 2.94. The molecule has 4 rings (SSSR count). The Bertz CT molecular complexity index is 1250. The van der Waals surface area contributed by atoms with E-state index in [0.717, 1.165) is 5.39 Å². The van der Waals surface area contributed by atoms with Crippen molar-refractivity contribution in [2.75, 3.05) is 11.6 Å². The van der Waals surface area contributed by atoms with E-state index >= 15 is 0 Å². The molecule has 0 aliphatic heterocycles. The molecule has 0 fully saturated rings. The van der Waals surface area contributed by atoms with E-state index in [1.54, 1.807) is 24.5 Å². The molecule has 3 N–H and O–H groups in total. The van der Waals surface area contributed by atoms with Gasteiger partial charge in [-0.3, -0.25) is 4.79 Å². The summed E-state index contributed by atoms with van der Waals surface area (Å²) in [5, 5.41) is 5.46. The van der Waals surface area contributed by atoms with Gasteiger partial charge in [-0.25, -0.2) is 9.37 Å². The predicted octanol–water partition coefficient (Wildman–Crippen LogP) is 5.83. The molecule has 0 radical (unpaired) electrons. The third-order valence-electron chi connectivity index (χ3n) is 4.22. The molecule has 0 bridgehead atoms. The van der Waals surface area contributed by atoms with Gasteiger partial charge in [-0.05, 0) is 36.6 Å². The first-order valence-corrected chi connectivity index (χ1v) is 10.1. The number of halogens is 3. The van der Waals surface area contributed by atoms with Crippen LogP contribution in [-0.2, 0) is 0 Å². The number of rotatable bonds is 4. The highest BCUT2D eigenvalue weighted by Crippen LogP contribution is 2.35. The van der Waals surface area contributed by atoms with Crippen LogP contribution in [0.15, 0.2) is 52.5 Å². The van der Waals surface area contributed by atoms with Gasteiger partial charge in [0.25, 0.3) is 5.56 Å². The van der Waals surface area contributed by atoms with Crippen LogP contribution in [0.25, 0.3) is 22.2 Å². The highest BCUT2D eigenvalue weighted by molar-refractivity contribution is 7.98. The average Bonchev–Trinajstić information content (AvgIpc) is 3.07. The van der Waals surface area contributed by atoms with E-state index in [-0.39, 0.29) is 11.1 Å². The van der Waals surface area contributed by atoms with Gasteiger partial charge in [0.05, 0.1) is 32.4 Å². The molecular formula is C19H13Cl2FN4OS. The summed E-state index contributed by atoms with van der Waals surface area (Å²) in [7, 11) is 0. The van der Waals surface area contributed by atoms with E-state index < -0.39 is 11.4 Å². The number of benzene rings is 1. The van der Waals surface area contributed by atoms with Gasteiger partial charge in [0, 0.05) is 23.0 Å². The molecule has 9 heteroatoms. The Morgan fingerprint density at radius 1 is 1.14 bits per heavy atom. The van der Waals surface area contributed by atoms with Crippen molar-refractivity contribution in [2.45, 2.75) is 5.03 Å². The maximum absolute atomic E-state index is 14.3. The summed E-state index contributed by atoms with van der Waals surface area (Å²) in [5.74, 6) is -0.530. The van der Waals surface area contributed by atoms with Crippen LogP contribution >= 0.6 is 35.0 Å². The van der Waals surface area contributed by atoms with Crippen LogP contribution in [0.5, 0.6) is 0 Å². The monoisotopic (exact) mass is 434 g/mol. The zero-order valence-corrected chi connectivity index (χ0v) is 16.8. The largest absolute Gasteiger partial charge is 0.353 e. The van der Waals surface area contributed by atoms with Crippen LogP contribution < -0.4 is 10.9 Å². The number of hydrogen-bond acceptors (Lipinski definition) is 4. The quantitative estimate of drug-likeness (QED) is 0.353. The number of anilines is 2. The van der Waals surface area contributed by atoms with Crippen LogP contribution in [0, 0.1) is 5.82 Å². The van der Waals surface area contributed by atoms with Crippen molar-refractivity contribution in [1.82, 2.24) is 15.0 Å². The molecule has 5 nitrogen and oxygen atoms in total. The topological polar surface area (TPSA) is 73.6 Å². The van der Waals surface area contributed by atoms with E-state index in [0.29, 0.717) is 32.1 Å². The number of aromatic nitrogens is 3. The first-order valence-electron chi connectivity index (χ1n) is 8.13. The molecule has 0 unspecified atom stereocenters. The Morgan fingerprint density at radius 2 is 1.96 bits per heavy atom. The van der Waals surface area contributed by atoms with Gasteiger partial charge in [-0.1, -0.05) is 23.2 Å². The summed E-state index contributed by atoms with van der Waals surface area (Å²) >= 11 is 13.6.